The highest BCUT2D eigenvalue weighted by molar-refractivity contribution is 7.17. The molecule has 0 saturated carbocycles. The second-order valence-electron chi connectivity index (χ2n) is 5.03. The van der Waals surface area contributed by atoms with Crippen molar-refractivity contribution in [3.63, 3.8) is 0 Å². The quantitative estimate of drug-likeness (QED) is 0.901. The second-order valence-corrected chi connectivity index (χ2v) is 6.06. The first-order valence-corrected chi connectivity index (χ1v) is 6.73. The molecule has 106 valence electrons. The summed E-state index contributed by atoms with van der Waals surface area (Å²) in [7, 11) is 1.38. The van der Waals surface area contributed by atoms with Gasteiger partial charge in [0.2, 0.25) is 0 Å². The zero-order valence-electron chi connectivity index (χ0n) is 11.8. The largest absolute Gasteiger partial charge is 0.443 e. The molecule has 0 bridgehead atoms. The summed E-state index contributed by atoms with van der Waals surface area (Å²) in [5.41, 5.74) is 5.54. The molecule has 0 aromatic carbocycles. The molecule has 1 aromatic rings. The number of carbonyl (C=O) groups is 2. The Balaban J connectivity index is 2.90. The number of amides is 2. The van der Waals surface area contributed by atoms with E-state index in [1.807, 2.05) is 6.92 Å². The molecule has 0 spiro atoms. The molecule has 1 aromatic heterocycles. The van der Waals surface area contributed by atoms with Gasteiger partial charge in [0.15, 0.2) is 5.13 Å². The van der Waals surface area contributed by atoms with E-state index in [0.717, 1.165) is 16.2 Å². The van der Waals surface area contributed by atoms with Gasteiger partial charge in [-0.25, -0.2) is 14.7 Å². The van der Waals surface area contributed by atoms with Crippen molar-refractivity contribution in [1.29, 1.82) is 0 Å². The summed E-state index contributed by atoms with van der Waals surface area (Å²) in [6, 6.07) is 0. The van der Waals surface area contributed by atoms with E-state index in [0.29, 0.717) is 22.1 Å². The molecule has 0 aliphatic carbocycles. The van der Waals surface area contributed by atoms with Gasteiger partial charge in [-0.2, -0.15) is 0 Å². The highest BCUT2D eigenvalue weighted by Gasteiger charge is 2.27. The van der Waals surface area contributed by atoms with Gasteiger partial charge in [-0.1, -0.05) is 18.3 Å². The van der Waals surface area contributed by atoms with Gasteiger partial charge in [0.05, 0.1) is 5.69 Å². The number of aryl methyl sites for hydroxylation is 1. The maximum atomic E-state index is 12.2. The van der Waals surface area contributed by atoms with Crippen molar-refractivity contribution in [1.82, 2.24) is 9.88 Å². The zero-order valence-corrected chi connectivity index (χ0v) is 12.6. The molecule has 2 N–H and O–H groups in total. The van der Waals surface area contributed by atoms with Crippen molar-refractivity contribution in [3.05, 3.63) is 10.6 Å². The predicted octanol–water partition coefficient (Wildman–Crippen LogP) is 2.29. The Morgan fingerprint density at radius 2 is 2.00 bits per heavy atom. The predicted molar refractivity (Wildman–Crippen MR) is 74.2 cm³/mol. The Bertz CT molecular complexity index is 491. The second kappa shape index (κ2) is 5.56. The van der Waals surface area contributed by atoms with Gasteiger partial charge >= 0.3 is 6.09 Å². The molecule has 19 heavy (non-hydrogen) atoms. The molecule has 0 aliphatic heterocycles. The molecular weight excluding hydrogens is 266 g/mol. The summed E-state index contributed by atoms with van der Waals surface area (Å²) in [5, 5.41) is 0.317. The first kappa shape index (κ1) is 15.4. The molecule has 0 atom stereocenters. The van der Waals surface area contributed by atoms with E-state index in [-0.39, 0.29) is 0 Å². The molecule has 0 fully saturated rings. The topological polar surface area (TPSA) is 85.5 Å². The number of rotatable bonds is 2. The summed E-state index contributed by atoms with van der Waals surface area (Å²) in [4.78, 5) is 29.4. The fourth-order valence-corrected chi connectivity index (χ4v) is 2.24. The molecule has 0 unspecified atom stereocenters. The van der Waals surface area contributed by atoms with Gasteiger partial charge in [0, 0.05) is 7.05 Å². The summed E-state index contributed by atoms with van der Waals surface area (Å²) in [5.74, 6) is -0.444. The number of ether oxygens (including phenoxy) is 1. The van der Waals surface area contributed by atoms with E-state index in [2.05, 4.69) is 4.98 Å². The van der Waals surface area contributed by atoms with E-state index in [1.165, 1.54) is 7.05 Å². The minimum absolute atomic E-state index is 0.317. The Morgan fingerprint density at radius 3 is 2.47 bits per heavy atom. The van der Waals surface area contributed by atoms with Crippen molar-refractivity contribution in [2.24, 2.45) is 0 Å². The molecule has 6 nitrogen and oxygen atoms in total. The first-order chi connectivity index (χ1) is 8.65. The number of carbonyl (C=O) groups excluding carboxylic acids is 2. The van der Waals surface area contributed by atoms with E-state index >= 15 is 0 Å². The van der Waals surface area contributed by atoms with Crippen LogP contribution in [0.4, 0.5) is 9.93 Å². The normalized spacial score (nSPS) is 11.2. The van der Waals surface area contributed by atoms with Gasteiger partial charge in [-0.3, -0.25) is 4.79 Å². The Hall–Kier alpha value is -1.63. The zero-order chi connectivity index (χ0) is 14.8. The van der Waals surface area contributed by atoms with E-state index in [9.17, 15) is 9.59 Å². The standard InChI is InChI=1S/C12H19N3O3S/c1-6-7-8(19-10(13)14-7)9(16)15(5)11(17)18-12(2,3)4/h6H2,1-5H3,(H2,13,14). The lowest BCUT2D eigenvalue weighted by Gasteiger charge is -2.23. The van der Waals surface area contributed by atoms with Crippen LogP contribution in [0.1, 0.15) is 43.1 Å². The van der Waals surface area contributed by atoms with Gasteiger partial charge in [-0.15, -0.1) is 0 Å². The lowest BCUT2D eigenvalue weighted by Crippen LogP contribution is -2.38. The number of hydrogen-bond donors (Lipinski definition) is 1. The van der Waals surface area contributed by atoms with Crippen molar-refractivity contribution in [2.45, 2.75) is 39.7 Å². The number of thiazole rings is 1. The number of hydrogen-bond acceptors (Lipinski definition) is 6. The summed E-state index contributed by atoms with van der Waals surface area (Å²) in [6.07, 6.45) is -0.108. The maximum Gasteiger partial charge on any atom is 0.417 e. The molecule has 0 saturated heterocycles. The van der Waals surface area contributed by atoms with Gasteiger partial charge in [-0.05, 0) is 27.2 Å². The van der Waals surface area contributed by atoms with Crippen molar-refractivity contribution >= 4 is 28.5 Å². The van der Waals surface area contributed by atoms with Crippen LogP contribution in [0.3, 0.4) is 0 Å². The Morgan fingerprint density at radius 1 is 1.42 bits per heavy atom. The SMILES string of the molecule is CCc1nc(N)sc1C(=O)N(C)C(=O)OC(C)(C)C. The number of imide groups is 1. The average Bonchev–Trinajstić information content (AvgIpc) is 2.66. The minimum Gasteiger partial charge on any atom is -0.443 e. The molecule has 1 rings (SSSR count). The number of nitrogens with two attached hydrogens (primary N) is 1. The van der Waals surface area contributed by atoms with Crippen molar-refractivity contribution in [3.8, 4) is 0 Å². The number of anilines is 1. The van der Waals surface area contributed by atoms with Crippen LogP contribution in [-0.2, 0) is 11.2 Å². The molecule has 2 amide bonds. The highest BCUT2D eigenvalue weighted by Crippen LogP contribution is 2.23. The fraction of sp³-hybridized carbons (Fsp3) is 0.583. The van der Waals surface area contributed by atoms with Crippen LogP contribution in [0.15, 0.2) is 0 Å². The lowest BCUT2D eigenvalue weighted by molar-refractivity contribution is 0.0286. The van der Waals surface area contributed by atoms with Crippen LogP contribution < -0.4 is 5.73 Å². The third kappa shape index (κ3) is 3.92. The minimum atomic E-state index is -0.688. The number of nitrogen functional groups attached to an aromatic ring is 1. The number of aromatic nitrogens is 1. The van der Waals surface area contributed by atoms with Crippen LogP contribution in [-0.4, -0.2) is 34.5 Å². The maximum absolute atomic E-state index is 12.2. The highest BCUT2D eigenvalue weighted by atomic mass is 32.1. The number of nitrogens with zero attached hydrogens (tertiary/aromatic N) is 2. The third-order valence-electron chi connectivity index (χ3n) is 2.22. The van der Waals surface area contributed by atoms with Crippen molar-refractivity contribution in [2.75, 3.05) is 12.8 Å². The van der Waals surface area contributed by atoms with E-state index in [4.69, 9.17) is 10.5 Å². The van der Waals surface area contributed by atoms with Crippen LogP contribution in [0.5, 0.6) is 0 Å². The summed E-state index contributed by atoms with van der Waals surface area (Å²) in [6.45, 7) is 7.10. The lowest BCUT2D eigenvalue weighted by atomic mass is 10.2. The molecule has 1 heterocycles. The Kier molecular flexibility index (Phi) is 4.52. The average molecular weight is 285 g/mol. The summed E-state index contributed by atoms with van der Waals surface area (Å²) >= 11 is 1.08. The third-order valence-corrected chi connectivity index (χ3v) is 3.13. The monoisotopic (exact) mass is 285 g/mol. The Labute approximate surface area is 116 Å². The fourth-order valence-electron chi connectivity index (χ4n) is 1.34. The summed E-state index contributed by atoms with van der Waals surface area (Å²) < 4.78 is 5.14. The van der Waals surface area contributed by atoms with Gasteiger partial charge < -0.3 is 10.5 Å². The molecule has 0 radical (unpaired) electrons. The van der Waals surface area contributed by atoms with Crippen LogP contribution in [0.2, 0.25) is 0 Å². The molecular formula is C12H19N3O3S. The first-order valence-electron chi connectivity index (χ1n) is 5.92. The van der Waals surface area contributed by atoms with Gasteiger partial charge in [0.25, 0.3) is 5.91 Å². The van der Waals surface area contributed by atoms with E-state index in [1.54, 1.807) is 20.8 Å². The van der Waals surface area contributed by atoms with Crippen LogP contribution in [0.25, 0.3) is 0 Å². The van der Waals surface area contributed by atoms with Crippen molar-refractivity contribution < 1.29 is 14.3 Å². The molecule has 0 aliphatic rings. The molecule has 7 heteroatoms. The van der Waals surface area contributed by atoms with E-state index < -0.39 is 17.6 Å². The van der Waals surface area contributed by atoms with Crippen LogP contribution in [0, 0.1) is 0 Å². The van der Waals surface area contributed by atoms with Crippen LogP contribution >= 0.6 is 11.3 Å². The van der Waals surface area contributed by atoms with Gasteiger partial charge in [0.1, 0.15) is 10.5 Å². The smallest absolute Gasteiger partial charge is 0.417 e.